The molecule has 1 aromatic carbocycles. The lowest BCUT2D eigenvalue weighted by Crippen LogP contribution is -1.99. The zero-order valence-electron chi connectivity index (χ0n) is 10.5. The lowest BCUT2D eigenvalue weighted by Gasteiger charge is -2.09. The standard InChI is InChI=1S/C13H12N4O2/c1-18-11-4-3-8(5-12(11)19-2)10-7-16-9(6-14)13(15)17-10/h3-5,7H,1-2H3,(H2,15,17). The van der Waals surface area contributed by atoms with Crippen molar-refractivity contribution in [2.45, 2.75) is 0 Å². The first-order chi connectivity index (χ1) is 9.19. The Kier molecular flexibility index (Phi) is 3.48. The van der Waals surface area contributed by atoms with Gasteiger partial charge < -0.3 is 15.2 Å². The molecule has 0 unspecified atom stereocenters. The Labute approximate surface area is 110 Å². The molecule has 0 bridgehead atoms. The van der Waals surface area contributed by atoms with Crippen LogP contribution in [0.15, 0.2) is 24.4 Å². The van der Waals surface area contributed by atoms with Crippen molar-refractivity contribution < 1.29 is 9.47 Å². The molecule has 0 saturated heterocycles. The maximum absolute atomic E-state index is 8.76. The van der Waals surface area contributed by atoms with Crippen LogP contribution >= 0.6 is 0 Å². The molecule has 0 radical (unpaired) electrons. The molecule has 0 amide bonds. The van der Waals surface area contributed by atoms with Crippen LogP contribution in [0.5, 0.6) is 11.5 Å². The van der Waals surface area contributed by atoms with Crippen LogP contribution in [0, 0.1) is 11.3 Å². The number of hydrogen-bond acceptors (Lipinski definition) is 6. The Balaban J connectivity index is 2.48. The molecule has 0 fully saturated rings. The molecule has 6 nitrogen and oxygen atoms in total. The number of nitrogen functional groups attached to an aromatic ring is 1. The van der Waals surface area contributed by atoms with Crippen LogP contribution in [0.3, 0.4) is 0 Å². The summed E-state index contributed by atoms with van der Waals surface area (Å²) in [5.74, 6) is 1.32. The van der Waals surface area contributed by atoms with Crippen molar-refractivity contribution in [3.8, 4) is 28.8 Å². The van der Waals surface area contributed by atoms with Crippen molar-refractivity contribution in [1.82, 2.24) is 9.97 Å². The predicted molar refractivity (Wildman–Crippen MR) is 69.7 cm³/mol. The lowest BCUT2D eigenvalue weighted by atomic mass is 10.1. The fourth-order valence-corrected chi connectivity index (χ4v) is 1.62. The highest BCUT2D eigenvalue weighted by Crippen LogP contribution is 2.31. The third-order valence-corrected chi connectivity index (χ3v) is 2.58. The van der Waals surface area contributed by atoms with Crippen molar-refractivity contribution in [3.63, 3.8) is 0 Å². The Morgan fingerprint density at radius 1 is 1.21 bits per heavy atom. The highest BCUT2D eigenvalue weighted by molar-refractivity contribution is 5.65. The molecule has 2 rings (SSSR count). The van der Waals surface area contributed by atoms with Crippen LogP contribution in [0.2, 0.25) is 0 Å². The number of benzene rings is 1. The van der Waals surface area contributed by atoms with Gasteiger partial charge in [0, 0.05) is 5.56 Å². The maximum Gasteiger partial charge on any atom is 0.182 e. The van der Waals surface area contributed by atoms with E-state index in [-0.39, 0.29) is 11.5 Å². The minimum Gasteiger partial charge on any atom is -0.493 e. The van der Waals surface area contributed by atoms with Crippen LogP contribution in [-0.4, -0.2) is 24.2 Å². The molecule has 0 atom stereocenters. The number of aromatic nitrogens is 2. The number of methoxy groups -OCH3 is 2. The van der Waals surface area contributed by atoms with Gasteiger partial charge in [-0.15, -0.1) is 0 Å². The summed E-state index contributed by atoms with van der Waals surface area (Å²) < 4.78 is 10.4. The molecule has 0 aliphatic rings. The van der Waals surface area contributed by atoms with Crippen molar-refractivity contribution in [1.29, 1.82) is 5.26 Å². The quantitative estimate of drug-likeness (QED) is 0.896. The number of nitrogens with zero attached hydrogens (tertiary/aromatic N) is 3. The third kappa shape index (κ3) is 2.40. The van der Waals surface area contributed by atoms with Crippen LogP contribution in [-0.2, 0) is 0 Å². The molecular formula is C13H12N4O2. The van der Waals surface area contributed by atoms with Crippen LogP contribution in [0.4, 0.5) is 5.82 Å². The Hall–Kier alpha value is -2.81. The van der Waals surface area contributed by atoms with Gasteiger partial charge in [0.25, 0.3) is 0 Å². The summed E-state index contributed by atoms with van der Waals surface area (Å²) in [7, 11) is 3.12. The minimum absolute atomic E-state index is 0.106. The molecule has 19 heavy (non-hydrogen) atoms. The van der Waals surface area contributed by atoms with Crippen LogP contribution in [0.25, 0.3) is 11.3 Å². The van der Waals surface area contributed by atoms with E-state index >= 15 is 0 Å². The molecule has 0 saturated carbocycles. The first-order valence-corrected chi connectivity index (χ1v) is 5.44. The normalized spacial score (nSPS) is 9.74. The average molecular weight is 256 g/mol. The topological polar surface area (TPSA) is 94.0 Å². The van der Waals surface area contributed by atoms with Gasteiger partial charge in [-0.05, 0) is 18.2 Å². The SMILES string of the molecule is COc1ccc(-c2cnc(C#N)c(N)n2)cc1OC. The predicted octanol–water partition coefficient (Wildman–Crippen LogP) is 1.61. The molecule has 1 aromatic heterocycles. The Morgan fingerprint density at radius 2 is 1.95 bits per heavy atom. The minimum atomic E-state index is 0.106. The molecular weight excluding hydrogens is 244 g/mol. The zero-order valence-corrected chi connectivity index (χ0v) is 10.5. The van der Waals surface area contributed by atoms with Crippen molar-refractivity contribution in [2.24, 2.45) is 0 Å². The maximum atomic E-state index is 8.76. The summed E-state index contributed by atoms with van der Waals surface area (Å²) in [4.78, 5) is 8.09. The molecule has 0 spiro atoms. The van der Waals surface area contributed by atoms with E-state index in [0.717, 1.165) is 5.56 Å². The number of ether oxygens (including phenoxy) is 2. The number of nitrogens with two attached hydrogens (primary N) is 1. The Morgan fingerprint density at radius 3 is 2.53 bits per heavy atom. The highest BCUT2D eigenvalue weighted by atomic mass is 16.5. The molecule has 1 heterocycles. The van der Waals surface area contributed by atoms with E-state index < -0.39 is 0 Å². The van der Waals surface area contributed by atoms with Gasteiger partial charge >= 0.3 is 0 Å². The zero-order chi connectivity index (χ0) is 13.8. The van der Waals surface area contributed by atoms with E-state index in [1.165, 1.54) is 6.20 Å². The van der Waals surface area contributed by atoms with Crippen molar-refractivity contribution in [2.75, 3.05) is 20.0 Å². The number of hydrogen-bond donors (Lipinski definition) is 1. The first kappa shape index (κ1) is 12.6. The summed E-state index contributed by atoms with van der Waals surface area (Å²) in [6.45, 7) is 0. The fourth-order valence-electron chi connectivity index (χ4n) is 1.62. The molecule has 0 aliphatic heterocycles. The summed E-state index contributed by atoms with van der Waals surface area (Å²) in [6.07, 6.45) is 1.50. The largest absolute Gasteiger partial charge is 0.493 e. The van der Waals surface area contributed by atoms with Gasteiger partial charge in [-0.2, -0.15) is 5.26 Å². The third-order valence-electron chi connectivity index (χ3n) is 2.58. The van der Waals surface area contributed by atoms with E-state index in [2.05, 4.69) is 9.97 Å². The van der Waals surface area contributed by atoms with E-state index in [0.29, 0.717) is 17.2 Å². The van der Waals surface area contributed by atoms with E-state index in [4.69, 9.17) is 20.5 Å². The molecule has 6 heteroatoms. The monoisotopic (exact) mass is 256 g/mol. The van der Waals surface area contributed by atoms with Gasteiger partial charge in [0.15, 0.2) is 23.0 Å². The summed E-state index contributed by atoms with van der Waals surface area (Å²) in [5.41, 5.74) is 7.10. The summed E-state index contributed by atoms with van der Waals surface area (Å²) >= 11 is 0. The fraction of sp³-hybridized carbons (Fsp3) is 0.154. The van der Waals surface area contributed by atoms with E-state index in [1.54, 1.807) is 26.4 Å². The van der Waals surface area contributed by atoms with Crippen molar-refractivity contribution >= 4 is 5.82 Å². The van der Waals surface area contributed by atoms with Crippen LogP contribution in [0.1, 0.15) is 5.69 Å². The van der Waals surface area contributed by atoms with Gasteiger partial charge in [0.2, 0.25) is 0 Å². The van der Waals surface area contributed by atoms with Gasteiger partial charge in [0.05, 0.1) is 26.1 Å². The van der Waals surface area contributed by atoms with Gasteiger partial charge in [-0.3, -0.25) is 0 Å². The van der Waals surface area contributed by atoms with Gasteiger partial charge in [0.1, 0.15) is 6.07 Å². The van der Waals surface area contributed by atoms with Crippen LogP contribution < -0.4 is 15.2 Å². The second-order valence-electron chi connectivity index (χ2n) is 3.67. The first-order valence-electron chi connectivity index (χ1n) is 5.44. The lowest BCUT2D eigenvalue weighted by molar-refractivity contribution is 0.355. The van der Waals surface area contributed by atoms with Gasteiger partial charge in [-0.25, -0.2) is 9.97 Å². The smallest absolute Gasteiger partial charge is 0.182 e. The molecule has 96 valence electrons. The average Bonchev–Trinajstić information content (AvgIpc) is 2.46. The number of anilines is 1. The number of rotatable bonds is 3. The highest BCUT2D eigenvalue weighted by Gasteiger charge is 2.09. The molecule has 2 N–H and O–H groups in total. The van der Waals surface area contributed by atoms with E-state index in [9.17, 15) is 0 Å². The second kappa shape index (κ2) is 5.23. The molecule has 2 aromatic rings. The number of nitriles is 1. The van der Waals surface area contributed by atoms with Crippen molar-refractivity contribution in [3.05, 3.63) is 30.1 Å². The van der Waals surface area contributed by atoms with E-state index in [1.807, 2.05) is 12.1 Å². The molecule has 0 aliphatic carbocycles. The van der Waals surface area contributed by atoms with Gasteiger partial charge in [-0.1, -0.05) is 0 Å². The summed E-state index contributed by atoms with van der Waals surface area (Å²) in [6, 6.07) is 7.23. The second-order valence-corrected chi connectivity index (χ2v) is 3.67. The summed E-state index contributed by atoms with van der Waals surface area (Å²) in [5, 5.41) is 8.76. The Bertz CT molecular complexity index is 650.